The van der Waals surface area contributed by atoms with E-state index in [1.165, 1.54) is 0 Å². The maximum Gasteiger partial charge on any atom is 0.237 e. The molecule has 0 radical (unpaired) electrons. The Morgan fingerprint density at radius 3 is 2.46 bits per heavy atom. The number of nitrogens with zero attached hydrogens (tertiary/aromatic N) is 2. The molecule has 1 N–H and O–H groups in total. The summed E-state index contributed by atoms with van der Waals surface area (Å²) in [7, 11) is 0. The summed E-state index contributed by atoms with van der Waals surface area (Å²) in [6.45, 7) is 13.2. The van der Waals surface area contributed by atoms with Crippen molar-refractivity contribution in [2.45, 2.75) is 33.7 Å². The van der Waals surface area contributed by atoms with Crippen LogP contribution in [0.5, 0.6) is 5.75 Å². The molecule has 0 saturated carbocycles. The number of anilines is 1. The molecule has 1 heterocycles. The number of ether oxygens (including phenoxy) is 1. The molecule has 0 aromatic heterocycles. The van der Waals surface area contributed by atoms with Gasteiger partial charge in [-0.3, -0.25) is 9.69 Å². The van der Waals surface area contributed by atoms with Gasteiger partial charge in [-0.2, -0.15) is 0 Å². The number of carbonyl (C=O) groups excluding carboxylic acids is 1. The smallest absolute Gasteiger partial charge is 0.237 e. The summed E-state index contributed by atoms with van der Waals surface area (Å²) >= 11 is 0. The van der Waals surface area contributed by atoms with Gasteiger partial charge in [-0.05, 0) is 31.9 Å². The molecule has 0 aliphatic carbocycles. The van der Waals surface area contributed by atoms with Crippen LogP contribution in [0.3, 0.4) is 0 Å². The number of piperazine rings is 1. The molecule has 1 aliphatic heterocycles. The number of rotatable bonds is 7. The highest BCUT2D eigenvalue weighted by molar-refractivity contribution is 5.81. The molecule has 24 heavy (non-hydrogen) atoms. The SMILES string of the molecule is CCOc1ccccc1N1CCN([C@@H](C)C(=O)NCC(C)C)CC1. The molecule has 1 amide bonds. The van der Waals surface area contributed by atoms with E-state index in [0.717, 1.165) is 44.2 Å². The first-order chi connectivity index (χ1) is 11.5. The largest absolute Gasteiger partial charge is 0.492 e. The summed E-state index contributed by atoms with van der Waals surface area (Å²) in [4.78, 5) is 16.9. The van der Waals surface area contributed by atoms with Crippen molar-refractivity contribution in [3.63, 3.8) is 0 Å². The summed E-state index contributed by atoms with van der Waals surface area (Å²) in [6, 6.07) is 8.11. The van der Waals surface area contributed by atoms with E-state index >= 15 is 0 Å². The van der Waals surface area contributed by atoms with Gasteiger partial charge < -0.3 is 15.0 Å². The number of para-hydroxylation sites is 2. The Hall–Kier alpha value is -1.75. The van der Waals surface area contributed by atoms with Crippen molar-refractivity contribution < 1.29 is 9.53 Å². The van der Waals surface area contributed by atoms with E-state index < -0.39 is 0 Å². The van der Waals surface area contributed by atoms with E-state index in [1.54, 1.807) is 0 Å². The highest BCUT2D eigenvalue weighted by Crippen LogP contribution is 2.29. The normalized spacial score (nSPS) is 17.0. The van der Waals surface area contributed by atoms with E-state index in [4.69, 9.17) is 4.74 Å². The van der Waals surface area contributed by atoms with Crippen LogP contribution in [0.25, 0.3) is 0 Å². The highest BCUT2D eigenvalue weighted by Gasteiger charge is 2.26. The minimum absolute atomic E-state index is 0.0759. The summed E-state index contributed by atoms with van der Waals surface area (Å²) in [5.74, 6) is 1.55. The van der Waals surface area contributed by atoms with Crippen molar-refractivity contribution in [1.29, 1.82) is 0 Å². The van der Waals surface area contributed by atoms with Crippen molar-refractivity contribution in [3.8, 4) is 5.75 Å². The molecule has 0 spiro atoms. The van der Waals surface area contributed by atoms with Gasteiger partial charge in [0, 0.05) is 32.7 Å². The number of nitrogens with one attached hydrogen (secondary N) is 1. The van der Waals surface area contributed by atoms with Crippen LogP contribution in [0.2, 0.25) is 0 Å². The van der Waals surface area contributed by atoms with Crippen molar-refractivity contribution in [1.82, 2.24) is 10.2 Å². The lowest BCUT2D eigenvalue weighted by molar-refractivity contribution is -0.126. The first-order valence-corrected chi connectivity index (χ1v) is 9.01. The lowest BCUT2D eigenvalue weighted by Crippen LogP contribution is -2.54. The van der Waals surface area contributed by atoms with Crippen molar-refractivity contribution in [3.05, 3.63) is 24.3 Å². The molecule has 0 unspecified atom stereocenters. The zero-order chi connectivity index (χ0) is 17.5. The molecule has 5 heteroatoms. The van der Waals surface area contributed by atoms with Crippen LogP contribution < -0.4 is 15.0 Å². The highest BCUT2D eigenvalue weighted by atomic mass is 16.5. The second-order valence-electron chi connectivity index (χ2n) is 6.74. The molecule has 1 aliphatic rings. The molecule has 5 nitrogen and oxygen atoms in total. The molecular formula is C19H31N3O2. The van der Waals surface area contributed by atoms with Gasteiger partial charge in [0.05, 0.1) is 18.3 Å². The summed E-state index contributed by atoms with van der Waals surface area (Å²) in [6.07, 6.45) is 0. The fourth-order valence-corrected chi connectivity index (χ4v) is 2.96. The Kier molecular flexibility index (Phi) is 6.91. The molecular weight excluding hydrogens is 302 g/mol. The van der Waals surface area contributed by atoms with Gasteiger partial charge in [0.15, 0.2) is 0 Å². The molecule has 1 fully saturated rings. The van der Waals surface area contributed by atoms with E-state index in [9.17, 15) is 4.79 Å². The molecule has 1 atom stereocenters. The molecule has 1 saturated heterocycles. The number of hydrogen-bond acceptors (Lipinski definition) is 4. The maximum absolute atomic E-state index is 12.3. The predicted octanol–water partition coefficient (Wildman–Crippen LogP) is 2.37. The van der Waals surface area contributed by atoms with Gasteiger partial charge >= 0.3 is 0 Å². The quantitative estimate of drug-likeness (QED) is 0.832. The minimum Gasteiger partial charge on any atom is -0.492 e. The van der Waals surface area contributed by atoms with Gasteiger partial charge in [0.1, 0.15) is 5.75 Å². The number of hydrogen-bond donors (Lipinski definition) is 1. The average molecular weight is 333 g/mol. The molecule has 134 valence electrons. The lowest BCUT2D eigenvalue weighted by Gasteiger charge is -2.39. The first kappa shape index (κ1) is 18.6. The van der Waals surface area contributed by atoms with Crippen LogP contribution in [0, 0.1) is 5.92 Å². The van der Waals surface area contributed by atoms with Crippen molar-refractivity contribution in [2.75, 3.05) is 44.2 Å². The lowest BCUT2D eigenvalue weighted by atomic mass is 10.1. The van der Waals surface area contributed by atoms with E-state index in [1.807, 2.05) is 32.0 Å². The topological polar surface area (TPSA) is 44.8 Å². The monoisotopic (exact) mass is 333 g/mol. The third-order valence-electron chi connectivity index (χ3n) is 4.43. The molecule has 2 rings (SSSR count). The van der Waals surface area contributed by atoms with Gasteiger partial charge in [-0.1, -0.05) is 26.0 Å². The summed E-state index contributed by atoms with van der Waals surface area (Å²) in [5.41, 5.74) is 1.15. The number of carbonyl (C=O) groups is 1. The standard InChI is InChI=1S/C19H31N3O2/c1-5-24-18-9-7-6-8-17(18)22-12-10-21(11-13-22)16(4)19(23)20-14-15(2)3/h6-9,15-16H,5,10-14H2,1-4H3,(H,20,23)/t16-/m0/s1. The van der Waals surface area contributed by atoms with E-state index in [-0.39, 0.29) is 11.9 Å². The van der Waals surface area contributed by atoms with Crippen LogP contribution >= 0.6 is 0 Å². The fraction of sp³-hybridized carbons (Fsp3) is 0.632. The molecule has 1 aromatic carbocycles. The van der Waals surface area contributed by atoms with E-state index in [0.29, 0.717) is 12.5 Å². The fourth-order valence-electron chi connectivity index (χ4n) is 2.96. The minimum atomic E-state index is -0.0759. The number of amides is 1. The molecule has 0 bridgehead atoms. The Bertz CT molecular complexity index is 525. The van der Waals surface area contributed by atoms with Crippen LogP contribution in [-0.4, -0.2) is 56.2 Å². The van der Waals surface area contributed by atoms with E-state index in [2.05, 4.69) is 35.0 Å². The Balaban J connectivity index is 1.90. The summed E-state index contributed by atoms with van der Waals surface area (Å²) < 4.78 is 5.74. The Morgan fingerprint density at radius 1 is 1.17 bits per heavy atom. The first-order valence-electron chi connectivity index (χ1n) is 9.01. The van der Waals surface area contributed by atoms with Gasteiger partial charge in [-0.25, -0.2) is 0 Å². The van der Waals surface area contributed by atoms with Crippen molar-refractivity contribution >= 4 is 11.6 Å². The van der Waals surface area contributed by atoms with Crippen LogP contribution in [0.4, 0.5) is 5.69 Å². The maximum atomic E-state index is 12.3. The van der Waals surface area contributed by atoms with Gasteiger partial charge in [0.25, 0.3) is 0 Å². The second kappa shape index (κ2) is 8.92. The van der Waals surface area contributed by atoms with Gasteiger partial charge in [-0.15, -0.1) is 0 Å². The third-order valence-corrected chi connectivity index (χ3v) is 4.43. The second-order valence-corrected chi connectivity index (χ2v) is 6.74. The Morgan fingerprint density at radius 2 is 1.83 bits per heavy atom. The van der Waals surface area contributed by atoms with Crippen molar-refractivity contribution in [2.24, 2.45) is 5.92 Å². The predicted molar refractivity (Wildman–Crippen MR) is 98.7 cm³/mol. The zero-order valence-corrected chi connectivity index (χ0v) is 15.4. The van der Waals surface area contributed by atoms with Gasteiger partial charge in [0.2, 0.25) is 5.91 Å². The zero-order valence-electron chi connectivity index (χ0n) is 15.4. The summed E-state index contributed by atoms with van der Waals surface area (Å²) in [5, 5.41) is 3.03. The van der Waals surface area contributed by atoms with Crippen LogP contribution in [0.15, 0.2) is 24.3 Å². The van der Waals surface area contributed by atoms with Crippen LogP contribution in [-0.2, 0) is 4.79 Å². The Labute approximate surface area is 146 Å². The van der Waals surface area contributed by atoms with Crippen LogP contribution in [0.1, 0.15) is 27.7 Å². The number of benzene rings is 1. The third kappa shape index (κ3) is 4.87. The average Bonchev–Trinajstić information content (AvgIpc) is 2.60. The molecule has 1 aromatic rings.